The number of hydrogen-bond donors (Lipinski definition) is 1. The van der Waals surface area contributed by atoms with Gasteiger partial charge in [0.25, 0.3) is 0 Å². The fourth-order valence-electron chi connectivity index (χ4n) is 2.39. The second-order valence-electron chi connectivity index (χ2n) is 5.88. The van der Waals surface area contributed by atoms with Crippen molar-refractivity contribution in [3.63, 3.8) is 0 Å². The summed E-state index contributed by atoms with van der Waals surface area (Å²) in [7, 11) is 2.03. The van der Waals surface area contributed by atoms with Crippen LogP contribution in [0.5, 0.6) is 0 Å². The first-order chi connectivity index (χ1) is 7.33. The van der Waals surface area contributed by atoms with Crippen LogP contribution in [0, 0.1) is 11.3 Å². The highest BCUT2D eigenvalue weighted by Gasteiger charge is 2.40. The molecule has 2 unspecified atom stereocenters. The Hall–Kier alpha value is -0.410. The van der Waals surface area contributed by atoms with Gasteiger partial charge in [-0.25, -0.2) is 0 Å². The minimum absolute atomic E-state index is 0.115. The fourth-order valence-corrected chi connectivity index (χ4v) is 2.39. The molecule has 2 atom stereocenters. The number of rotatable bonds is 5. The molecule has 1 saturated carbocycles. The Labute approximate surface area is 98.8 Å². The zero-order chi connectivity index (χ0) is 12.3. The molecule has 0 aromatic carbocycles. The van der Waals surface area contributed by atoms with Gasteiger partial charge in [0.1, 0.15) is 5.78 Å². The summed E-state index contributed by atoms with van der Waals surface area (Å²) in [5, 5.41) is 9.20. The van der Waals surface area contributed by atoms with Crippen LogP contribution in [0.1, 0.15) is 40.0 Å². The predicted octanol–water partition coefficient (Wildman–Crippen LogP) is 1.69. The molecular formula is C13H25NO2. The first-order valence-electron chi connectivity index (χ1n) is 6.24. The van der Waals surface area contributed by atoms with Gasteiger partial charge in [0.15, 0.2) is 0 Å². The number of aliphatic hydroxyl groups excluding tert-OH is 1. The summed E-state index contributed by atoms with van der Waals surface area (Å²) in [6, 6.07) is 0. The minimum Gasteiger partial charge on any atom is -0.393 e. The van der Waals surface area contributed by atoms with Gasteiger partial charge in [0, 0.05) is 24.4 Å². The van der Waals surface area contributed by atoms with E-state index in [2.05, 4.69) is 4.90 Å². The van der Waals surface area contributed by atoms with Gasteiger partial charge in [-0.2, -0.15) is 0 Å². The van der Waals surface area contributed by atoms with Crippen molar-refractivity contribution in [3.8, 4) is 0 Å². The Morgan fingerprint density at radius 1 is 1.56 bits per heavy atom. The molecule has 16 heavy (non-hydrogen) atoms. The van der Waals surface area contributed by atoms with Gasteiger partial charge in [-0.3, -0.25) is 4.79 Å². The standard InChI is InChI=1S/C13H25NO2/c1-10(15)6-8-14(4)9-11-5-7-13(2,3)12(11)16/h10-11,15H,5-9H2,1-4H3. The Balaban J connectivity index is 2.35. The van der Waals surface area contributed by atoms with Gasteiger partial charge in [0.2, 0.25) is 0 Å². The Morgan fingerprint density at radius 3 is 2.62 bits per heavy atom. The monoisotopic (exact) mass is 227 g/mol. The number of ketones is 1. The Bertz CT molecular complexity index is 248. The maximum atomic E-state index is 12.0. The molecule has 0 radical (unpaired) electrons. The minimum atomic E-state index is -0.252. The lowest BCUT2D eigenvalue weighted by atomic mass is 9.89. The third-order valence-corrected chi connectivity index (χ3v) is 3.62. The molecule has 1 N–H and O–H groups in total. The molecule has 3 heteroatoms. The lowest BCUT2D eigenvalue weighted by Crippen LogP contribution is -2.32. The van der Waals surface area contributed by atoms with Crippen molar-refractivity contribution < 1.29 is 9.90 Å². The summed E-state index contributed by atoms with van der Waals surface area (Å²) >= 11 is 0. The van der Waals surface area contributed by atoms with Gasteiger partial charge >= 0.3 is 0 Å². The normalized spacial score (nSPS) is 26.4. The quantitative estimate of drug-likeness (QED) is 0.777. The molecular weight excluding hydrogens is 202 g/mol. The summed E-state index contributed by atoms with van der Waals surface area (Å²) in [5.41, 5.74) is -0.115. The van der Waals surface area contributed by atoms with E-state index in [4.69, 9.17) is 0 Å². The van der Waals surface area contributed by atoms with Crippen molar-refractivity contribution in [3.05, 3.63) is 0 Å². The fraction of sp³-hybridized carbons (Fsp3) is 0.923. The Kier molecular flexibility index (Phi) is 4.51. The Morgan fingerprint density at radius 2 is 2.19 bits per heavy atom. The molecule has 0 aromatic rings. The van der Waals surface area contributed by atoms with E-state index in [0.29, 0.717) is 5.78 Å². The number of Topliss-reactive ketones (excluding diaryl/α,β-unsaturated/α-hetero) is 1. The van der Waals surface area contributed by atoms with Crippen molar-refractivity contribution in [1.82, 2.24) is 4.90 Å². The van der Waals surface area contributed by atoms with Crippen LogP contribution in [-0.4, -0.2) is 42.0 Å². The molecule has 0 bridgehead atoms. The molecule has 94 valence electrons. The zero-order valence-corrected chi connectivity index (χ0v) is 11.0. The van der Waals surface area contributed by atoms with Crippen LogP contribution in [0.4, 0.5) is 0 Å². The van der Waals surface area contributed by atoms with E-state index in [-0.39, 0.29) is 17.4 Å². The van der Waals surface area contributed by atoms with Crippen molar-refractivity contribution >= 4 is 5.78 Å². The van der Waals surface area contributed by atoms with E-state index in [1.54, 1.807) is 6.92 Å². The average Bonchev–Trinajstić information content (AvgIpc) is 2.42. The topological polar surface area (TPSA) is 40.5 Å². The molecule has 1 aliphatic rings. The van der Waals surface area contributed by atoms with E-state index in [0.717, 1.165) is 32.4 Å². The molecule has 0 spiro atoms. The molecule has 0 aliphatic heterocycles. The molecule has 1 fully saturated rings. The summed E-state index contributed by atoms with van der Waals surface area (Å²) in [5.74, 6) is 0.616. The van der Waals surface area contributed by atoms with Crippen LogP contribution in [0.25, 0.3) is 0 Å². The molecule has 1 rings (SSSR count). The van der Waals surface area contributed by atoms with Crippen LogP contribution in [0.15, 0.2) is 0 Å². The number of carbonyl (C=O) groups is 1. The molecule has 0 amide bonds. The number of carbonyl (C=O) groups excluding carboxylic acids is 1. The van der Waals surface area contributed by atoms with Crippen molar-refractivity contribution in [1.29, 1.82) is 0 Å². The largest absolute Gasteiger partial charge is 0.393 e. The third kappa shape index (κ3) is 3.56. The van der Waals surface area contributed by atoms with Crippen LogP contribution in [0.3, 0.4) is 0 Å². The molecule has 3 nitrogen and oxygen atoms in total. The van der Waals surface area contributed by atoms with Gasteiger partial charge < -0.3 is 10.0 Å². The van der Waals surface area contributed by atoms with Crippen LogP contribution in [0.2, 0.25) is 0 Å². The van der Waals surface area contributed by atoms with Crippen LogP contribution in [-0.2, 0) is 4.79 Å². The van der Waals surface area contributed by atoms with Crippen molar-refractivity contribution in [2.24, 2.45) is 11.3 Å². The summed E-state index contributed by atoms with van der Waals surface area (Å²) in [4.78, 5) is 14.2. The highest BCUT2D eigenvalue weighted by molar-refractivity contribution is 5.88. The van der Waals surface area contributed by atoms with E-state index in [1.165, 1.54) is 0 Å². The van der Waals surface area contributed by atoms with E-state index in [9.17, 15) is 9.90 Å². The molecule has 0 heterocycles. The van der Waals surface area contributed by atoms with Crippen molar-refractivity contribution in [2.75, 3.05) is 20.1 Å². The van der Waals surface area contributed by atoms with Gasteiger partial charge in [-0.1, -0.05) is 13.8 Å². The van der Waals surface area contributed by atoms with Crippen molar-refractivity contribution in [2.45, 2.75) is 46.1 Å². The van der Waals surface area contributed by atoms with E-state index in [1.807, 2.05) is 20.9 Å². The van der Waals surface area contributed by atoms with E-state index < -0.39 is 0 Å². The second kappa shape index (κ2) is 5.28. The molecule has 0 aromatic heterocycles. The maximum absolute atomic E-state index is 12.0. The first kappa shape index (κ1) is 13.7. The first-order valence-corrected chi connectivity index (χ1v) is 6.24. The lowest BCUT2D eigenvalue weighted by Gasteiger charge is -2.22. The SMILES string of the molecule is CC(O)CCN(C)CC1CCC(C)(C)C1=O. The number of hydrogen-bond acceptors (Lipinski definition) is 3. The van der Waals surface area contributed by atoms with Gasteiger partial charge in [-0.15, -0.1) is 0 Å². The molecule has 0 saturated heterocycles. The lowest BCUT2D eigenvalue weighted by molar-refractivity contribution is -0.127. The summed E-state index contributed by atoms with van der Waals surface area (Å²) < 4.78 is 0. The summed E-state index contributed by atoms with van der Waals surface area (Å²) in [6.07, 6.45) is 2.56. The van der Waals surface area contributed by atoms with Crippen LogP contribution >= 0.6 is 0 Å². The second-order valence-corrected chi connectivity index (χ2v) is 5.88. The highest BCUT2D eigenvalue weighted by Crippen LogP contribution is 2.37. The van der Waals surface area contributed by atoms with Crippen LogP contribution < -0.4 is 0 Å². The van der Waals surface area contributed by atoms with E-state index >= 15 is 0 Å². The summed E-state index contributed by atoms with van der Waals surface area (Å²) in [6.45, 7) is 7.60. The predicted molar refractivity (Wildman–Crippen MR) is 65.3 cm³/mol. The van der Waals surface area contributed by atoms with Gasteiger partial charge in [-0.05, 0) is 33.2 Å². The van der Waals surface area contributed by atoms with Gasteiger partial charge in [0.05, 0.1) is 6.10 Å². The highest BCUT2D eigenvalue weighted by atomic mass is 16.3. The third-order valence-electron chi connectivity index (χ3n) is 3.62. The maximum Gasteiger partial charge on any atom is 0.142 e. The number of aliphatic hydroxyl groups is 1. The average molecular weight is 227 g/mol. The number of nitrogens with zero attached hydrogens (tertiary/aromatic N) is 1. The smallest absolute Gasteiger partial charge is 0.142 e. The molecule has 1 aliphatic carbocycles. The zero-order valence-electron chi connectivity index (χ0n) is 11.0.